The van der Waals surface area contributed by atoms with Gasteiger partial charge in [0.2, 0.25) is 0 Å². The number of hydrogen-bond acceptors (Lipinski definition) is 6. The third kappa shape index (κ3) is 4.92. The smallest absolute Gasteiger partial charge is 0.471 e. The minimum Gasteiger partial charge on any atom is -0.497 e. The molecular weight excluding hydrogens is 525 g/mol. The summed E-state index contributed by atoms with van der Waals surface area (Å²) in [5.41, 5.74) is 2.05. The van der Waals surface area contributed by atoms with E-state index in [1.54, 1.807) is 31.4 Å². The summed E-state index contributed by atoms with van der Waals surface area (Å²) in [6.45, 7) is 0. The van der Waals surface area contributed by atoms with Gasteiger partial charge >= 0.3 is 18.1 Å². The van der Waals surface area contributed by atoms with Gasteiger partial charge < -0.3 is 14.8 Å². The molecule has 0 aromatic heterocycles. The van der Waals surface area contributed by atoms with Crippen molar-refractivity contribution in [2.24, 2.45) is 0 Å². The summed E-state index contributed by atoms with van der Waals surface area (Å²) < 4.78 is 52.1. The molecular formula is C30H25F3N2O5. The van der Waals surface area contributed by atoms with Crippen LogP contribution in [0.25, 0.3) is 0 Å². The molecule has 7 nitrogen and oxygen atoms in total. The lowest BCUT2D eigenvalue weighted by molar-refractivity contribution is -0.170. The second-order valence-electron chi connectivity index (χ2n) is 9.52. The average Bonchev–Trinajstić information content (AvgIpc) is 3.10. The monoisotopic (exact) mass is 550 g/mol. The number of para-hydroxylation sites is 2. The summed E-state index contributed by atoms with van der Waals surface area (Å²) in [7, 11) is 2.76. The molecule has 3 aromatic carbocycles. The molecule has 0 radical (unpaired) electrons. The van der Waals surface area contributed by atoms with Crippen molar-refractivity contribution >= 4 is 29.0 Å². The van der Waals surface area contributed by atoms with E-state index < -0.39 is 24.1 Å². The van der Waals surface area contributed by atoms with Crippen LogP contribution in [0.15, 0.2) is 84.1 Å². The van der Waals surface area contributed by atoms with Gasteiger partial charge in [0.1, 0.15) is 5.75 Å². The van der Waals surface area contributed by atoms with Gasteiger partial charge in [0.25, 0.3) is 0 Å². The first kappa shape index (κ1) is 27.0. The number of ether oxygens (including phenoxy) is 2. The van der Waals surface area contributed by atoms with E-state index in [1.165, 1.54) is 43.5 Å². The van der Waals surface area contributed by atoms with Crippen molar-refractivity contribution in [3.05, 3.63) is 101 Å². The second kappa shape index (κ2) is 10.5. The lowest BCUT2D eigenvalue weighted by Gasteiger charge is -2.35. The molecule has 0 fully saturated rings. The van der Waals surface area contributed by atoms with E-state index in [1.807, 2.05) is 12.1 Å². The van der Waals surface area contributed by atoms with Crippen molar-refractivity contribution in [2.75, 3.05) is 24.4 Å². The van der Waals surface area contributed by atoms with Crippen LogP contribution in [0.3, 0.4) is 0 Å². The molecule has 1 heterocycles. The number of esters is 1. The molecule has 0 saturated carbocycles. The molecule has 1 aliphatic carbocycles. The van der Waals surface area contributed by atoms with E-state index in [2.05, 4.69) is 5.32 Å². The van der Waals surface area contributed by atoms with Gasteiger partial charge in [0.05, 0.1) is 37.2 Å². The maximum atomic E-state index is 14.0. The van der Waals surface area contributed by atoms with E-state index in [0.717, 1.165) is 5.56 Å². The van der Waals surface area contributed by atoms with Crippen molar-refractivity contribution in [3.63, 3.8) is 0 Å². The number of ketones is 1. The van der Waals surface area contributed by atoms with E-state index in [0.29, 0.717) is 22.8 Å². The Morgan fingerprint density at radius 1 is 0.900 bits per heavy atom. The van der Waals surface area contributed by atoms with Crippen molar-refractivity contribution in [3.8, 4) is 5.75 Å². The summed E-state index contributed by atoms with van der Waals surface area (Å²) in [5, 5.41) is 3.19. The van der Waals surface area contributed by atoms with Crippen molar-refractivity contribution in [1.82, 2.24) is 0 Å². The molecule has 3 aromatic rings. The molecule has 2 aliphatic rings. The number of Topliss-reactive ketones (excluding diaryl/α,β-unsaturated/α-hetero) is 1. The lowest BCUT2D eigenvalue weighted by atomic mass is 9.78. The summed E-state index contributed by atoms with van der Waals surface area (Å²) in [5.74, 6) is -2.71. The number of alkyl halides is 3. The Hall–Kier alpha value is -4.60. The van der Waals surface area contributed by atoms with Crippen LogP contribution in [0.1, 0.15) is 46.3 Å². The van der Waals surface area contributed by atoms with Gasteiger partial charge in [-0.2, -0.15) is 13.2 Å². The van der Waals surface area contributed by atoms with Crippen LogP contribution in [0, 0.1) is 0 Å². The Morgan fingerprint density at radius 3 is 2.17 bits per heavy atom. The van der Waals surface area contributed by atoms with Gasteiger partial charge in [-0.25, -0.2) is 4.79 Å². The Bertz CT molecular complexity index is 1500. The highest BCUT2D eigenvalue weighted by molar-refractivity contribution is 6.07. The molecule has 0 saturated heterocycles. The van der Waals surface area contributed by atoms with Crippen LogP contribution < -0.4 is 15.0 Å². The number of nitrogens with one attached hydrogen (secondary N) is 1. The third-order valence-electron chi connectivity index (χ3n) is 7.18. The maximum absolute atomic E-state index is 14.0. The molecule has 10 heteroatoms. The fraction of sp³-hybridized carbons (Fsp3) is 0.233. The fourth-order valence-corrected chi connectivity index (χ4v) is 5.30. The Labute approximate surface area is 228 Å². The Balaban J connectivity index is 1.69. The fourth-order valence-electron chi connectivity index (χ4n) is 5.30. The SMILES string of the molecule is COC(=O)c1ccc([C@@H]2C3=C(C[C@H](c4ccc(OC)cc4)CC3=O)Nc3ccccc3N2C(=O)C(F)(F)F)cc1. The van der Waals surface area contributed by atoms with Crippen LogP contribution in [-0.4, -0.2) is 38.1 Å². The first-order chi connectivity index (χ1) is 19.1. The number of carbonyl (C=O) groups is 3. The van der Waals surface area contributed by atoms with Gasteiger partial charge in [-0.05, 0) is 59.9 Å². The van der Waals surface area contributed by atoms with Gasteiger partial charge in [-0.3, -0.25) is 14.5 Å². The van der Waals surface area contributed by atoms with Gasteiger partial charge in [0, 0.05) is 17.7 Å². The number of nitrogens with zero attached hydrogens (tertiary/aromatic N) is 1. The summed E-state index contributed by atoms with van der Waals surface area (Å²) in [6.07, 6.45) is -4.85. The molecule has 0 unspecified atom stereocenters. The zero-order valence-electron chi connectivity index (χ0n) is 21.6. The van der Waals surface area contributed by atoms with Crippen LogP contribution in [0.5, 0.6) is 5.75 Å². The number of benzene rings is 3. The molecule has 2 atom stereocenters. The summed E-state index contributed by atoms with van der Waals surface area (Å²) in [6, 6.07) is 17.7. The first-order valence-electron chi connectivity index (χ1n) is 12.5. The first-order valence-corrected chi connectivity index (χ1v) is 12.5. The topological polar surface area (TPSA) is 84.9 Å². The highest BCUT2D eigenvalue weighted by Gasteiger charge is 2.50. The molecule has 0 bridgehead atoms. The number of halogens is 3. The zero-order chi connectivity index (χ0) is 28.6. The standard InChI is InChI=1S/C30H25F3N2O5/c1-39-21-13-11-17(12-14-21)20-15-23-26(25(36)16-20)27(18-7-9-19(10-8-18)28(37)40-2)35(29(38)30(31,32)33)24-6-4-3-5-22(24)34-23/h3-14,20,27,34H,15-16H2,1-2H3/t20-,27+/m0/s1. The molecule has 1 aliphatic heterocycles. The number of rotatable bonds is 4. The molecule has 1 N–H and O–H groups in total. The second-order valence-corrected chi connectivity index (χ2v) is 9.52. The quantitative estimate of drug-likeness (QED) is 0.405. The number of carbonyl (C=O) groups excluding carboxylic acids is 3. The third-order valence-corrected chi connectivity index (χ3v) is 7.18. The number of allylic oxidation sites excluding steroid dienone is 1. The molecule has 206 valence electrons. The minimum atomic E-state index is -5.22. The van der Waals surface area contributed by atoms with Crippen LogP contribution in [0.4, 0.5) is 24.5 Å². The van der Waals surface area contributed by atoms with Crippen LogP contribution in [-0.2, 0) is 14.3 Å². The Morgan fingerprint density at radius 2 is 1.55 bits per heavy atom. The van der Waals surface area contributed by atoms with Gasteiger partial charge in [0.15, 0.2) is 5.78 Å². The van der Waals surface area contributed by atoms with Crippen LogP contribution >= 0.6 is 0 Å². The van der Waals surface area contributed by atoms with E-state index >= 15 is 0 Å². The zero-order valence-corrected chi connectivity index (χ0v) is 21.6. The van der Waals surface area contributed by atoms with Gasteiger partial charge in [-0.15, -0.1) is 0 Å². The number of amides is 1. The highest BCUT2D eigenvalue weighted by Crippen LogP contribution is 2.48. The summed E-state index contributed by atoms with van der Waals surface area (Å²) in [4.78, 5) is 39.5. The number of methoxy groups -OCH3 is 2. The van der Waals surface area contributed by atoms with Crippen LogP contribution in [0.2, 0.25) is 0 Å². The van der Waals surface area contributed by atoms with E-state index in [9.17, 15) is 27.6 Å². The molecule has 1 amide bonds. The van der Waals surface area contributed by atoms with E-state index in [-0.39, 0.29) is 46.2 Å². The van der Waals surface area contributed by atoms with E-state index in [4.69, 9.17) is 9.47 Å². The largest absolute Gasteiger partial charge is 0.497 e. The Kier molecular flexibility index (Phi) is 7.10. The predicted molar refractivity (Wildman–Crippen MR) is 141 cm³/mol. The normalized spacial score (nSPS) is 18.7. The van der Waals surface area contributed by atoms with Gasteiger partial charge in [-0.1, -0.05) is 36.4 Å². The van der Waals surface area contributed by atoms with Crippen molar-refractivity contribution in [2.45, 2.75) is 31.0 Å². The molecule has 40 heavy (non-hydrogen) atoms. The number of hydrogen-bond donors (Lipinski definition) is 1. The lowest BCUT2D eigenvalue weighted by Crippen LogP contribution is -2.45. The van der Waals surface area contributed by atoms with Crippen molar-refractivity contribution in [1.29, 1.82) is 0 Å². The minimum absolute atomic E-state index is 0.0185. The predicted octanol–water partition coefficient (Wildman–Crippen LogP) is 5.94. The number of fused-ring (bicyclic) bond motifs is 1. The summed E-state index contributed by atoms with van der Waals surface area (Å²) >= 11 is 0. The number of anilines is 2. The molecule has 5 rings (SSSR count). The van der Waals surface area contributed by atoms with Crippen molar-refractivity contribution < 1.29 is 37.0 Å². The molecule has 0 spiro atoms. The average molecular weight is 551 g/mol. The maximum Gasteiger partial charge on any atom is 0.471 e. The highest BCUT2D eigenvalue weighted by atomic mass is 19.4.